The normalized spacial score (nSPS) is 16.3. The molecule has 0 spiro atoms. The van der Waals surface area contributed by atoms with Gasteiger partial charge in [-0.3, -0.25) is 14.5 Å². The van der Waals surface area contributed by atoms with Crippen LogP contribution in [0.25, 0.3) is 5.76 Å². The number of hydrogen-bond donors (Lipinski definition) is 1. The Morgan fingerprint density at radius 2 is 1.85 bits per heavy atom. The van der Waals surface area contributed by atoms with E-state index in [2.05, 4.69) is 11.6 Å². The lowest BCUT2D eigenvalue weighted by Crippen LogP contribution is -2.29. The van der Waals surface area contributed by atoms with Crippen LogP contribution in [0.15, 0.2) is 60.7 Å². The number of rotatable bonds is 9. The lowest BCUT2D eigenvalue weighted by molar-refractivity contribution is -0.132. The number of esters is 1. The summed E-state index contributed by atoms with van der Waals surface area (Å²) in [5, 5.41) is 11.5. The van der Waals surface area contributed by atoms with Crippen LogP contribution < -0.4 is 14.4 Å². The zero-order valence-electron chi connectivity index (χ0n) is 22.0. The molecule has 1 amide bonds. The molecule has 0 saturated carbocycles. The number of ether oxygens (including phenoxy) is 3. The topological polar surface area (TPSA) is 115 Å². The van der Waals surface area contributed by atoms with Gasteiger partial charge in [0.1, 0.15) is 17.2 Å². The number of aliphatic hydroxyl groups is 1. The fraction of sp³-hybridized carbons (Fsp3) is 0.241. The number of aliphatic hydroxyl groups excluding tert-OH is 1. The summed E-state index contributed by atoms with van der Waals surface area (Å²) in [5.41, 5.74) is 2.06. The molecule has 0 aliphatic carbocycles. The highest BCUT2D eigenvalue weighted by atomic mass is 32.1. The summed E-state index contributed by atoms with van der Waals surface area (Å²) in [6.45, 7) is 9.59. The first-order chi connectivity index (χ1) is 18.7. The fourth-order valence-corrected chi connectivity index (χ4v) is 5.22. The van der Waals surface area contributed by atoms with Crippen LogP contribution in [0.2, 0.25) is 0 Å². The number of ketones is 1. The van der Waals surface area contributed by atoms with Gasteiger partial charge in [0.05, 0.1) is 31.0 Å². The van der Waals surface area contributed by atoms with Crippen molar-refractivity contribution in [3.8, 4) is 11.5 Å². The molecule has 1 atom stereocenters. The minimum absolute atomic E-state index is 0.112. The number of aromatic nitrogens is 1. The van der Waals surface area contributed by atoms with E-state index in [-0.39, 0.29) is 27.9 Å². The number of anilines is 1. The van der Waals surface area contributed by atoms with Gasteiger partial charge in [0.15, 0.2) is 16.6 Å². The van der Waals surface area contributed by atoms with Gasteiger partial charge in [-0.05, 0) is 38.5 Å². The average molecular weight is 549 g/mol. The highest BCUT2D eigenvalue weighted by molar-refractivity contribution is 7.17. The minimum atomic E-state index is -1.06. The highest BCUT2D eigenvalue weighted by Gasteiger charge is 2.48. The van der Waals surface area contributed by atoms with Crippen molar-refractivity contribution in [3.63, 3.8) is 0 Å². The SMILES string of the molecule is C=CCOc1ccc(C2/C(=C(\O)c3ccc(C)cc3)C(=O)C(=O)N2c2nc(C)c(C(=O)OC)s2)cc1OCC. The summed E-state index contributed by atoms with van der Waals surface area (Å²) in [6, 6.07) is 10.9. The summed E-state index contributed by atoms with van der Waals surface area (Å²) >= 11 is 0.930. The molecule has 2 heterocycles. The highest BCUT2D eigenvalue weighted by Crippen LogP contribution is 2.45. The Bertz CT molecular complexity index is 1470. The molecule has 39 heavy (non-hydrogen) atoms. The van der Waals surface area contributed by atoms with Crippen molar-refractivity contribution >= 4 is 39.9 Å². The second kappa shape index (κ2) is 11.5. The van der Waals surface area contributed by atoms with E-state index in [1.54, 1.807) is 55.5 Å². The molecule has 1 fully saturated rings. The second-order valence-electron chi connectivity index (χ2n) is 8.68. The van der Waals surface area contributed by atoms with Gasteiger partial charge in [-0.1, -0.05) is 59.9 Å². The van der Waals surface area contributed by atoms with Crippen LogP contribution in [-0.4, -0.2) is 48.1 Å². The smallest absolute Gasteiger partial charge is 0.350 e. The Morgan fingerprint density at radius 3 is 2.49 bits per heavy atom. The lowest BCUT2D eigenvalue weighted by Gasteiger charge is -2.24. The number of hydrogen-bond acceptors (Lipinski definition) is 9. The molecular formula is C29H28N2O7S. The molecule has 1 aliphatic heterocycles. The molecule has 10 heteroatoms. The second-order valence-corrected chi connectivity index (χ2v) is 9.65. The molecule has 1 aliphatic rings. The molecule has 9 nitrogen and oxygen atoms in total. The van der Waals surface area contributed by atoms with Crippen molar-refractivity contribution < 1.29 is 33.7 Å². The van der Waals surface area contributed by atoms with Crippen LogP contribution >= 0.6 is 11.3 Å². The molecule has 0 radical (unpaired) electrons. The number of aryl methyl sites for hydroxylation is 2. The van der Waals surface area contributed by atoms with Crippen molar-refractivity contribution in [3.05, 3.63) is 88.0 Å². The first-order valence-electron chi connectivity index (χ1n) is 12.2. The fourth-order valence-electron chi connectivity index (χ4n) is 4.21. The van der Waals surface area contributed by atoms with Gasteiger partial charge in [-0.15, -0.1) is 0 Å². The summed E-state index contributed by atoms with van der Waals surface area (Å²) in [4.78, 5) is 45.0. The molecular weight excluding hydrogens is 520 g/mol. The Kier molecular flexibility index (Phi) is 8.15. The van der Waals surface area contributed by atoms with Gasteiger partial charge in [0, 0.05) is 5.56 Å². The van der Waals surface area contributed by atoms with E-state index in [0.29, 0.717) is 34.9 Å². The number of thiazole rings is 1. The Balaban J connectivity index is 1.94. The number of carbonyl (C=O) groups is 3. The maximum absolute atomic E-state index is 13.5. The number of benzene rings is 2. The first kappa shape index (κ1) is 27.6. The van der Waals surface area contributed by atoms with Crippen molar-refractivity contribution in [2.24, 2.45) is 0 Å². The van der Waals surface area contributed by atoms with E-state index in [9.17, 15) is 19.5 Å². The van der Waals surface area contributed by atoms with E-state index in [0.717, 1.165) is 16.9 Å². The number of amides is 1. The summed E-state index contributed by atoms with van der Waals surface area (Å²) in [5.74, 6) is -1.85. The largest absolute Gasteiger partial charge is 0.507 e. The minimum Gasteiger partial charge on any atom is -0.507 e. The van der Waals surface area contributed by atoms with E-state index < -0.39 is 23.7 Å². The third-order valence-electron chi connectivity index (χ3n) is 6.07. The Morgan fingerprint density at radius 1 is 1.13 bits per heavy atom. The van der Waals surface area contributed by atoms with Crippen LogP contribution in [0.5, 0.6) is 11.5 Å². The van der Waals surface area contributed by atoms with Gasteiger partial charge in [0.25, 0.3) is 5.78 Å². The van der Waals surface area contributed by atoms with Crippen LogP contribution in [0.3, 0.4) is 0 Å². The average Bonchev–Trinajstić information content (AvgIpc) is 3.44. The van der Waals surface area contributed by atoms with Gasteiger partial charge < -0.3 is 19.3 Å². The molecule has 1 N–H and O–H groups in total. The third-order valence-corrected chi connectivity index (χ3v) is 7.21. The van der Waals surface area contributed by atoms with E-state index in [1.807, 2.05) is 13.8 Å². The molecule has 202 valence electrons. The Labute approximate surface area is 230 Å². The predicted molar refractivity (Wildman–Crippen MR) is 147 cm³/mol. The standard InChI is InChI=1S/C29H28N2O7S/c1-6-14-38-20-13-12-19(15-21(20)37-7-2)23-22(24(32)18-10-8-16(3)9-11-18)25(33)27(34)31(23)29-30-17(4)26(39-29)28(35)36-5/h6,8-13,15,23,32H,1,7,14H2,2-5H3/b24-22+. The van der Waals surface area contributed by atoms with E-state index in [4.69, 9.17) is 14.2 Å². The molecule has 0 bridgehead atoms. The monoisotopic (exact) mass is 548 g/mol. The van der Waals surface area contributed by atoms with E-state index >= 15 is 0 Å². The van der Waals surface area contributed by atoms with Crippen LogP contribution in [-0.2, 0) is 14.3 Å². The van der Waals surface area contributed by atoms with Gasteiger partial charge in [-0.25, -0.2) is 9.78 Å². The van der Waals surface area contributed by atoms with Crippen molar-refractivity contribution in [1.29, 1.82) is 0 Å². The summed E-state index contributed by atoms with van der Waals surface area (Å²) in [6.07, 6.45) is 1.60. The quantitative estimate of drug-likeness (QED) is 0.129. The van der Waals surface area contributed by atoms with Gasteiger partial charge >= 0.3 is 11.9 Å². The summed E-state index contributed by atoms with van der Waals surface area (Å²) in [7, 11) is 1.25. The van der Waals surface area contributed by atoms with Crippen LogP contribution in [0, 0.1) is 13.8 Å². The van der Waals surface area contributed by atoms with Crippen molar-refractivity contribution in [2.75, 3.05) is 25.2 Å². The van der Waals surface area contributed by atoms with Crippen molar-refractivity contribution in [2.45, 2.75) is 26.8 Å². The van der Waals surface area contributed by atoms with E-state index in [1.165, 1.54) is 12.0 Å². The lowest BCUT2D eigenvalue weighted by atomic mass is 9.95. The van der Waals surface area contributed by atoms with Gasteiger partial charge in [0.2, 0.25) is 0 Å². The van der Waals surface area contributed by atoms with Gasteiger partial charge in [-0.2, -0.15) is 0 Å². The van der Waals surface area contributed by atoms with Crippen molar-refractivity contribution in [1.82, 2.24) is 4.98 Å². The van der Waals surface area contributed by atoms with Crippen LogP contribution in [0.4, 0.5) is 5.13 Å². The molecule has 1 aromatic heterocycles. The zero-order valence-corrected chi connectivity index (χ0v) is 22.8. The van der Waals surface area contributed by atoms with Crippen LogP contribution in [0.1, 0.15) is 45.0 Å². The molecule has 4 rings (SSSR count). The number of nitrogens with zero attached hydrogens (tertiary/aromatic N) is 2. The predicted octanol–water partition coefficient (Wildman–Crippen LogP) is 5.14. The zero-order chi connectivity index (χ0) is 28.3. The number of Topliss-reactive ketones (excluding diaryl/α,β-unsaturated/α-hetero) is 1. The maximum atomic E-state index is 13.5. The molecule has 2 aromatic carbocycles. The third kappa shape index (κ3) is 5.28. The maximum Gasteiger partial charge on any atom is 0.350 e. The molecule has 3 aromatic rings. The Hall–Kier alpha value is -4.44. The summed E-state index contributed by atoms with van der Waals surface area (Å²) < 4.78 is 16.3. The molecule has 1 saturated heterocycles. The first-order valence-corrected chi connectivity index (χ1v) is 13.0. The molecule has 1 unspecified atom stereocenters. The number of methoxy groups -OCH3 is 1. The number of carbonyl (C=O) groups excluding carboxylic acids is 3.